The number of nitrogens with zero attached hydrogens (tertiary/aromatic N) is 2. The Balaban J connectivity index is 1.41. The SMILES string of the molecule is COc1ccc2ccc(OC(=O)Cn3cnc4scc(-c5cccs5)c4c3=O)cc2c1. The summed E-state index contributed by atoms with van der Waals surface area (Å²) < 4.78 is 12.0. The van der Waals surface area contributed by atoms with Gasteiger partial charge in [-0.3, -0.25) is 9.36 Å². The molecule has 0 spiro atoms. The van der Waals surface area contributed by atoms with Gasteiger partial charge in [0.25, 0.3) is 5.56 Å². The molecule has 0 fully saturated rings. The van der Waals surface area contributed by atoms with Gasteiger partial charge >= 0.3 is 5.97 Å². The lowest BCUT2D eigenvalue weighted by Gasteiger charge is -2.08. The normalized spacial score (nSPS) is 11.1. The van der Waals surface area contributed by atoms with Crippen molar-refractivity contribution in [3.05, 3.63) is 76.0 Å². The lowest BCUT2D eigenvalue weighted by atomic mass is 10.1. The van der Waals surface area contributed by atoms with E-state index in [1.54, 1.807) is 30.6 Å². The van der Waals surface area contributed by atoms with Crippen LogP contribution in [0.5, 0.6) is 11.5 Å². The number of ether oxygens (including phenoxy) is 2. The number of aromatic nitrogens is 2. The fourth-order valence-electron chi connectivity index (χ4n) is 3.39. The molecule has 0 N–H and O–H groups in total. The average Bonchev–Trinajstić information content (AvgIpc) is 3.45. The highest BCUT2D eigenvalue weighted by Gasteiger charge is 2.16. The van der Waals surface area contributed by atoms with Crippen molar-refractivity contribution < 1.29 is 14.3 Å². The van der Waals surface area contributed by atoms with Crippen molar-refractivity contribution >= 4 is 49.6 Å². The Kier molecular flexibility index (Phi) is 5.01. The van der Waals surface area contributed by atoms with Gasteiger partial charge in [-0.1, -0.05) is 18.2 Å². The van der Waals surface area contributed by atoms with Crippen LogP contribution < -0.4 is 15.0 Å². The summed E-state index contributed by atoms with van der Waals surface area (Å²) in [6.07, 6.45) is 1.39. The smallest absolute Gasteiger partial charge is 0.331 e. The average molecular weight is 449 g/mol. The molecule has 6 nitrogen and oxygen atoms in total. The Bertz CT molecular complexity index is 1470. The number of rotatable bonds is 5. The zero-order valence-electron chi connectivity index (χ0n) is 16.4. The summed E-state index contributed by atoms with van der Waals surface area (Å²) in [5, 5.41) is 6.32. The van der Waals surface area contributed by atoms with Gasteiger partial charge in [0.15, 0.2) is 0 Å². The molecule has 0 radical (unpaired) electrons. The van der Waals surface area contributed by atoms with Gasteiger partial charge in [-0.05, 0) is 46.5 Å². The maximum atomic E-state index is 13.1. The highest BCUT2D eigenvalue weighted by molar-refractivity contribution is 7.18. The summed E-state index contributed by atoms with van der Waals surface area (Å²) in [5.74, 6) is 0.584. The molecular formula is C23H16N2O4S2. The molecule has 3 aromatic heterocycles. The fraction of sp³-hybridized carbons (Fsp3) is 0.0870. The summed E-state index contributed by atoms with van der Waals surface area (Å²) in [6.45, 7) is -0.225. The van der Waals surface area contributed by atoms with Crippen LogP contribution in [0.3, 0.4) is 0 Å². The predicted octanol–water partition coefficient (Wildman–Crippen LogP) is 4.95. The number of esters is 1. The molecule has 154 valence electrons. The van der Waals surface area contributed by atoms with Gasteiger partial charge in [0.05, 0.1) is 18.8 Å². The molecule has 31 heavy (non-hydrogen) atoms. The standard InChI is InChI=1S/C23H16N2O4S2/c1-28-16-6-4-14-5-7-17(10-15(14)9-16)29-20(26)11-25-13-24-22-21(23(25)27)18(12-31-22)19-3-2-8-30-19/h2-10,12-13H,11H2,1H3. The van der Waals surface area contributed by atoms with Crippen molar-refractivity contribution in [3.63, 3.8) is 0 Å². The third kappa shape index (κ3) is 3.71. The number of hydrogen-bond acceptors (Lipinski definition) is 7. The van der Waals surface area contributed by atoms with Crippen molar-refractivity contribution in [2.45, 2.75) is 6.54 Å². The zero-order chi connectivity index (χ0) is 21.4. The van der Waals surface area contributed by atoms with Gasteiger partial charge in [-0.2, -0.15) is 0 Å². The number of carbonyl (C=O) groups is 1. The first-order chi connectivity index (χ1) is 15.1. The van der Waals surface area contributed by atoms with Crippen LogP contribution in [0.25, 0.3) is 31.4 Å². The van der Waals surface area contributed by atoms with Gasteiger partial charge in [0, 0.05) is 15.8 Å². The number of methoxy groups -OCH3 is 1. The molecule has 0 aliphatic rings. The summed E-state index contributed by atoms with van der Waals surface area (Å²) in [4.78, 5) is 31.6. The van der Waals surface area contributed by atoms with E-state index < -0.39 is 5.97 Å². The van der Waals surface area contributed by atoms with E-state index in [9.17, 15) is 9.59 Å². The molecule has 8 heteroatoms. The Morgan fingerprint density at radius 3 is 2.65 bits per heavy atom. The lowest BCUT2D eigenvalue weighted by Crippen LogP contribution is -2.26. The van der Waals surface area contributed by atoms with Crippen LogP contribution in [0.2, 0.25) is 0 Å². The number of fused-ring (bicyclic) bond motifs is 2. The first kappa shape index (κ1) is 19.5. The lowest BCUT2D eigenvalue weighted by molar-refractivity contribution is -0.135. The monoisotopic (exact) mass is 448 g/mol. The van der Waals surface area contributed by atoms with E-state index in [1.807, 2.05) is 47.2 Å². The molecule has 0 saturated carbocycles. The van der Waals surface area contributed by atoms with Crippen LogP contribution in [0.1, 0.15) is 0 Å². The molecule has 0 aliphatic carbocycles. The maximum Gasteiger partial charge on any atom is 0.331 e. The van der Waals surface area contributed by atoms with Crippen LogP contribution in [0.4, 0.5) is 0 Å². The van der Waals surface area contributed by atoms with Crippen LogP contribution in [-0.4, -0.2) is 22.6 Å². The van der Waals surface area contributed by atoms with E-state index in [4.69, 9.17) is 9.47 Å². The van der Waals surface area contributed by atoms with E-state index in [-0.39, 0.29) is 12.1 Å². The van der Waals surface area contributed by atoms with Crippen molar-refractivity contribution in [1.82, 2.24) is 9.55 Å². The van der Waals surface area contributed by atoms with Crippen LogP contribution in [-0.2, 0) is 11.3 Å². The third-order valence-electron chi connectivity index (χ3n) is 4.90. The molecule has 0 unspecified atom stereocenters. The number of thiophene rings is 2. The summed E-state index contributed by atoms with van der Waals surface area (Å²) in [7, 11) is 1.60. The van der Waals surface area contributed by atoms with Crippen molar-refractivity contribution in [2.24, 2.45) is 0 Å². The quantitative estimate of drug-likeness (QED) is 0.281. The second kappa shape index (κ2) is 7.98. The van der Waals surface area contributed by atoms with Gasteiger partial charge in [0.1, 0.15) is 22.9 Å². The first-order valence-electron chi connectivity index (χ1n) is 9.41. The topological polar surface area (TPSA) is 70.4 Å². The van der Waals surface area contributed by atoms with Gasteiger partial charge in [0.2, 0.25) is 0 Å². The van der Waals surface area contributed by atoms with Crippen molar-refractivity contribution in [1.29, 1.82) is 0 Å². The number of hydrogen-bond donors (Lipinski definition) is 0. The molecule has 5 rings (SSSR count). The minimum atomic E-state index is -0.543. The van der Waals surface area contributed by atoms with E-state index in [2.05, 4.69) is 4.98 Å². The molecule has 0 saturated heterocycles. The van der Waals surface area contributed by atoms with Gasteiger partial charge < -0.3 is 9.47 Å². The van der Waals surface area contributed by atoms with Crippen molar-refractivity contribution in [3.8, 4) is 21.9 Å². The molecule has 5 aromatic rings. The van der Waals surface area contributed by atoms with Crippen LogP contribution in [0, 0.1) is 0 Å². The fourth-order valence-corrected chi connectivity index (χ4v) is 5.11. The molecular weight excluding hydrogens is 432 g/mol. The molecule has 0 amide bonds. The van der Waals surface area contributed by atoms with Crippen molar-refractivity contribution in [2.75, 3.05) is 7.11 Å². The van der Waals surface area contributed by atoms with E-state index in [0.717, 1.165) is 27.0 Å². The number of carbonyl (C=O) groups excluding carboxylic acids is 1. The second-order valence-electron chi connectivity index (χ2n) is 6.83. The Morgan fingerprint density at radius 1 is 1.06 bits per heavy atom. The van der Waals surface area contributed by atoms with Crippen LogP contribution >= 0.6 is 22.7 Å². The minimum Gasteiger partial charge on any atom is -0.497 e. The zero-order valence-corrected chi connectivity index (χ0v) is 18.0. The minimum absolute atomic E-state index is 0.225. The van der Waals surface area contributed by atoms with Crippen LogP contribution in [0.15, 0.2) is 70.4 Å². The predicted molar refractivity (Wildman–Crippen MR) is 123 cm³/mol. The largest absolute Gasteiger partial charge is 0.497 e. The summed E-state index contributed by atoms with van der Waals surface area (Å²) in [5.41, 5.74) is 0.591. The summed E-state index contributed by atoms with van der Waals surface area (Å²) >= 11 is 2.98. The molecule has 0 atom stereocenters. The van der Waals surface area contributed by atoms with Gasteiger partial charge in [-0.25, -0.2) is 9.78 Å². The highest BCUT2D eigenvalue weighted by atomic mass is 32.1. The second-order valence-corrected chi connectivity index (χ2v) is 8.64. The van der Waals surface area contributed by atoms with E-state index >= 15 is 0 Å². The molecule has 0 bridgehead atoms. The maximum absolute atomic E-state index is 13.1. The first-order valence-corrected chi connectivity index (χ1v) is 11.2. The van der Waals surface area contributed by atoms with E-state index in [0.29, 0.717) is 16.0 Å². The Morgan fingerprint density at radius 2 is 1.87 bits per heavy atom. The third-order valence-corrected chi connectivity index (χ3v) is 6.69. The van der Waals surface area contributed by atoms with Gasteiger partial charge in [-0.15, -0.1) is 22.7 Å². The van der Waals surface area contributed by atoms with E-state index in [1.165, 1.54) is 22.2 Å². The molecule has 3 heterocycles. The Labute approximate surface area is 184 Å². The Hall–Kier alpha value is -3.49. The molecule has 2 aromatic carbocycles. The number of benzene rings is 2. The summed E-state index contributed by atoms with van der Waals surface area (Å²) in [6, 6.07) is 15.0. The highest BCUT2D eigenvalue weighted by Crippen LogP contribution is 2.33. The molecule has 0 aliphatic heterocycles.